The Hall–Kier alpha value is -2.43. The molecule has 2 aromatic carbocycles. The van der Waals surface area contributed by atoms with Crippen molar-refractivity contribution in [3.63, 3.8) is 0 Å². The summed E-state index contributed by atoms with van der Waals surface area (Å²) < 4.78 is 46.0. The third-order valence-corrected chi connectivity index (χ3v) is 2.66. The molecule has 0 amide bonds. The Morgan fingerprint density at radius 3 is 2.40 bits per heavy atom. The second-order valence-electron chi connectivity index (χ2n) is 4.00. The van der Waals surface area contributed by atoms with Gasteiger partial charge < -0.3 is 9.84 Å². The molecule has 0 atom stereocenters. The minimum atomic E-state index is -1.41. The fourth-order valence-electron chi connectivity index (χ4n) is 1.71. The second kappa shape index (κ2) is 5.69. The van der Waals surface area contributed by atoms with Crippen LogP contribution in [0.2, 0.25) is 0 Å². The molecular weight excluding hydrogens is 269 g/mol. The Morgan fingerprint density at radius 1 is 1.05 bits per heavy atom. The summed E-state index contributed by atoms with van der Waals surface area (Å²) in [4.78, 5) is 0. The van der Waals surface area contributed by atoms with E-state index >= 15 is 0 Å². The number of rotatable bonds is 4. The van der Waals surface area contributed by atoms with Gasteiger partial charge >= 0.3 is 0 Å². The lowest BCUT2D eigenvalue weighted by Crippen LogP contribution is -1.96. The van der Waals surface area contributed by atoms with Crippen molar-refractivity contribution in [2.45, 2.75) is 0 Å². The van der Waals surface area contributed by atoms with Crippen molar-refractivity contribution in [3.8, 4) is 22.6 Å². The number of aromatic hydroxyl groups is 1. The van der Waals surface area contributed by atoms with Crippen molar-refractivity contribution in [3.05, 3.63) is 60.4 Å². The number of hydrogen-bond acceptors (Lipinski definition) is 2. The van der Waals surface area contributed by atoms with Gasteiger partial charge in [0.05, 0.1) is 0 Å². The van der Waals surface area contributed by atoms with Crippen LogP contribution in [-0.4, -0.2) is 11.7 Å². The Balaban J connectivity index is 2.43. The molecule has 0 aliphatic rings. The van der Waals surface area contributed by atoms with Gasteiger partial charge in [-0.3, -0.25) is 0 Å². The van der Waals surface area contributed by atoms with Gasteiger partial charge in [0.2, 0.25) is 5.82 Å². The van der Waals surface area contributed by atoms with Crippen LogP contribution in [-0.2, 0) is 0 Å². The summed E-state index contributed by atoms with van der Waals surface area (Å²) in [6, 6.07) is 5.86. The third kappa shape index (κ3) is 2.61. The van der Waals surface area contributed by atoms with E-state index in [0.717, 1.165) is 18.2 Å². The quantitative estimate of drug-likeness (QED) is 0.856. The van der Waals surface area contributed by atoms with Crippen molar-refractivity contribution < 1.29 is 23.0 Å². The van der Waals surface area contributed by atoms with E-state index < -0.39 is 23.2 Å². The first kappa shape index (κ1) is 14.0. The van der Waals surface area contributed by atoms with Gasteiger partial charge in [-0.25, -0.2) is 8.78 Å². The van der Waals surface area contributed by atoms with Crippen LogP contribution >= 0.6 is 0 Å². The molecule has 0 unspecified atom stereocenters. The molecule has 20 heavy (non-hydrogen) atoms. The Morgan fingerprint density at radius 2 is 1.75 bits per heavy atom. The summed E-state index contributed by atoms with van der Waals surface area (Å²) >= 11 is 0. The van der Waals surface area contributed by atoms with Crippen LogP contribution < -0.4 is 4.74 Å². The first-order valence-electron chi connectivity index (χ1n) is 5.75. The van der Waals surface area contributed by atoms with E-state index in [0.29, 0.717) is 0 Å². The predicted octanol–water partition coefficient (Wildman–Crippen LogP) is 4.04. The molecule has 0 saturated heterocycles. The lowest BCUT2D eigenvalue weighted by Gasteiger charge is -2.09. The van der Waals surface area contributed by atoms with E-state index in [1.807, 2.05) is 0 Å². The maximum atomic E-state index is 13.9. The van der Waals surface area contributed by atoms with Gasteiger partial charge in [-0.1, -0.05) is 12.7 Å². The molecule has 104 valence electrons. The van der Waals surface area contributed by atoms with Crippen LogP contribution in [0.3, 0.4) is 0 Å². The van der Waals surface area contributed by atoms with Gasteiger partial charge in [-0.2, -0.15) is 4.39 Å². The lowest BCUT2D eigenvalue weighted by atomic mass is 10.0. The van der Waals surface area contributed by atoms with Gasteiger partial charge in [-0.15, -0.1) is 0 Å². The number of phenols is 1. The number of phenolic OH excluding ortho intramolecular Hbond substituents is 1. The molecule has 0 heterocycles. The molecule has 2 rings (SSSR count). The van der Waals surface area contributed by atoms with Crippen LogP contribution in [0.1, 0.15) is 0 Å². The zero-order valence-electron chi connectivity index (χ0n) is 10.4. The molecule has 0 aromatic heterocycles. The molecule has 0 bridgehead atoms. The predicted molar refractivity (Wildman–Crippen MR) is 69.1 cm³/mol. The monoisotopic (exact) mass is 280 g/mol. The second-order valence-corrected chi connectivity index (χ2v) is 4.00. The zero-order chi connectivity index (χ0) is 14.7. The summed E-state index contributed by atoms with van der Waals surface area (Å²) in [5.41, 5.74) is -0.388. The smallest absolute Gasteiger partial charge is 0.200 e. The third-order valence-electron chi connectivity index (χ3n) is 2.66. The molecule has 0 aliphatic carbocycles. The minimum absolute atomic E-state index is 0.118. The minimum Gasteiger partial charge on any atom is -0.505 e. The topological polar surface area (TPSA) is 29.5 Å². The Bertz CT molecular complexity index is 654. The van der Waals surface area contributed by atoms with E-state index in [-0.39, 0.29) is 23.5 Å². The van der Waals surface area contributed by atoms with Crippen molar-refractivity contribution in [1.82, 2.24) is 0 Å². The molecule has 0 aliphatic heterocycles. The van der Waals surface area contributed by atoms with Crippen LogP contribution in [0, 0.1) is 17.5 Å². The summed E-state index contributed by atoms with van der Waals surface area (Å²) in [5.74, 6) is -4.03. The first-order chi connectivity index (χ1) is 9.54. The Labute approximate surface area is 113 Å². The van der Waals surface area contributed by atoms with Crippen molar-refractivity contribution >= 4 is 0 Å². The summed E-state index contributed by atoms with van der Waals surface area (Å²) in [6.45, 7) is 3.67. The fourth-order valence-corrected chi connectivity index (χ4v) is 1.71. The maximum Gasteiger partial charge on any atom is 0.200 e. The maximum absolute atomic E-state index is 13.9. The SMILES string of the molecule is C=CCOc1ccc(-c2ccc(O)c(F)c2F)c(F)c1. The van der Waals surface area contributed by atoms with Crippen LogP contribution in [0.5, 0.6) is 11.5 Å². The van der Waals surface area contributed by atoms with E-state index in [1.165, 1.54) is 18.2 Å². The molecule has 0 saturated carbocycles. The standard InChI is InChI=1S/C15H11F3O2/c1-2-7-20-9-3-4-10(12(16)8-9)11-5-6-13(19)15(18)14(11)17/h2-6,8,19H,1,7H2. The Kier molecular flexibility index (Phi) is 3.98. The lowest BCUT2D eigenvalue weighted by molar-refractivity contribution is 0.361. The molecule has 0 radical (unpaired) electrons. The van der Waals surface area contributed by atoms with Gasteiger partial charge in [0.25, 0.3) is 0 Å². The molecular formula is C15H11F3O2. The molecule has 0 fully saturated rings. The van der Waals surface area contributed by atoms with Crippen LogP contribution in [0.25, 0.3) is 11.1 Å². The molecule has 5 heteroatoms. The number of halogens is 3. The fraction of sp³-hybridized carbons (Fsp3) is 0.0667. The first-order valence-corrected chi connectivity index (χ1v) is 5.75. The van der Waals surface area contributed by atoms with E-state index in [2.05, 4.69) is 6.58 Å². The largest absolute Gasteiger partial charge is 0.505 e. The van der Waals surface area contributed by atoms with E-state index in [1.54, 1.807) is 0 Å². The van der Waals surface area contributed by atoms with Crippen LogP contribution in [0.15, 0.2) is 43.0 Å². The molecule has 2 aromatic rings. The van der Waals surface area contributed by atoms with Crippen molar-refractivity contribution in [1.29, 1.82) is 0 Å². The number of hydrogen-bond donors (Lipinski definition) is 1. The van der Waals surface area contributed by atoms with Crippen molar-refractivity contribution in [2.24, 2.45) is 0 Å². The molecule has 2 nitrogen and oxygen atoms in total. The van der Waals surface area contributed by atoms with Gasteiger partial charge in [0, 0.05) is 17.2 Å². The highest BCUT2D eigenvalue weighted by Gasteiger charge is 2.17. The average molecular weight is 280 g/mol. The number of ether oxygens (including phenoxy) is 1. The van der Waals surface area contributed by atoms with Gasteiger partial charge in [0.1, 0.15) is 18.2 Å². The highest BCUT2D eigenvalue weighted by Crippen LogP contribution is 2.32. The van der Waals surface area contributed by atoms with Gasteiger partial charge in [-0.05, 0) is 24.3 Å². The zero-order valence-corrected chi connectivity index (χ0v) is 10.4. The molecule has 1 N–H and O–H groups in total. The summed E-state index contributed by atoms with van der Waals surface area (Å²) in [7, 11) is 0. The summed E-state index contributed by atoms with van der Waals surface area (Å²) in [5, 5.41) is 9.04. The highest BCUT2D eigenvalue weighted by molar-refractivity contribution is 5.66. The van der Waals surface area contributed by atoms with E-state index in [9.17, 15) is 13.2 Å². The normalized spacial score (nSPS) is 10.3. The average Bonchev–Trinajstić information content (AvgIpc) is 2.44. The molecule has 0 spiro atoms. The van der Waals surface area contributed by atoms with Crippen molar-refractivity contribution in [2.75, 3.05) is 6.61 Å². The highest BCUT2D eigenvalue weighted by atomic mass is 19.2. The van der Waals surface area contributed by atoms with Gasteiger partial charge in [0.15, 0.2) is 11.6 Å². The van der Waals surface area contributed by atoms with Crippen LogP contribution in [0.4, 0.5) is 13.2 Å². The number of benzene rings is 2. The summed E-state index contributed by atoms with van der Waals surface area (Å²) in [6.07, 6.45) is 1.50. The van der Waals surface area contributed by atoms with E-state index in [4.69, 9.17) is 9.84 Å².